The summed E-state index contributed by atoms with van der Waals surface area (Å²) in [6, 6.07) is 30.9. The molecule has 0 N–H and O–H groups in total. The van der Waals surface area contributed by atoms with Crippen molar-refractivity contribution < 1.29 is 13.6 Å². The molecule has 0 unspecified atom stereocenters. The van der Waals surface area contributed by atoms with E-state index in [1.165, 1.54) is 0 Å². The van der Waals surface area contributed by atoms with Crippen molar-refractivity contribution in [3.05, 3.63) is 124 Å². The van der Waals surface area contributed by atoms with Crippen LogP contribution >= 0.6 is 31.3 Å². The van der Waals surface area contributed by atoms with Crippen molar-refractivity contribution in [3.8, 4) is 0 Å². The van der Waals surface area contributed by atoms with Crippen molar-refractivity contribution in [2.75, 3.05) is 0 Å². The Bertz CT molecular complexity index is 1500. The van der Waals surface area contributed by atoms with E-state index in [1.807, 2.05) is 97.1 Å². The molecule has 0 aliphatic carbocycles. The molecule has 6 rings (SSSR count). The third kappa shape index (κ3) is 4.42. The molecule has 0 saturated heterocycles. The highest BCUT2D eigenvalue weighted by Crippen LogP contribution is 2.58. The van der Waals surface area contributed by atoms with Gasteiger partial charge in [0.25, 0.3) is 0 Å². The van der Waals surface area contributed by atoms with Gasteiger partial charge in [0.05, 0.1) is 4.95 Å². The van der Waals surface area contributed by atoms with Gasteiger partial charge in [0, 0.05) is 30.7 Å². The van der Waals surface area contributed by atoms with Gasteiger partial charge in [-0.25, -0.2) is 4.57 Å². The number of hydrogen-bond acceptors (Lipinski definition) is 6. The molecule has 4 aromatic carbocycles. The zero-order valence-electron chi connectivity index (χ0n) is 18.7. The van der Waals surface area contributed by atoms with Gasteiger partial charge in [-0.05, 0) is 47.5 Å². The van der Waals surface area contributed by atoms with Crippen molar-refractivity contribution >= 4 is 54.9 Å². The molecular formula is C28H18NO4PS2. The summed E-state index contributed by atoms with van der Waals surface area (Å²) in [5.74, 6) is 0.534. The fraction of sp³-hybridized carbons (Fsp3) is 0. The van der Waals surface area contributed by atoms with Crippen LogP contribution in [0.1, 0.15) is 22.3 Å². The van der Waals surface area contributed by atoms with E-state index in [-0.39, 0.29) is 11.5 Å². The second-order valence-electron chi connectivity index (χ2n) is 8.02. The zero-order valence-corrected chi connectivity index (χ0v) is 21.3. The molecule has 176 valence electrons. The van der Waals surface area contributed by atoms with Crippen LogP contribution in [0.3, 0.4) is 0 Å². The first kappa shape index (κ1) is 22.9. The monoisotopic (exact) mass is 527 g/mol. The minimum atomic E-state index is -4.50. The van der Waals surface area contributed by atoms with Gasteiger partial charge in [0.1, 0.15) is 11.5 Å². The van der Waals surface area contributed by atoms with Gasteiger partial charge in [0.15, 0.2) is 0 Å². The predicted octanol–water partition coefficient (Wildman–Crippen LogP) is 9.22. The Kier molecular flexibility index (Phi) is 6.05. The summed E-state index contributed by atoms with van der Waals surface area (Å²) in [7, 11) is -4.50. The van der Waals surface area contributed by atoms with Gasteiger partial charge < -0.3 is 9.05 Å². The largest absolute Gasteiger partial charge is 0.600 e. The van der Waals surface area contributed by atoms with E-state index in [0.717, 1.165) is 30.7 Å². The highest BCUT2D eigenvalue weighted by atomic mass is 32.2. The van der Waals surface area contributed by atoms with Gasteiger partial charge in [-0.15, -0.1) is 4.91 Å². The molecule has 0 atom stereocenters. The molecule has 4 aromatic rings. The van der Waals surface area contributed by atoms with Gasteiger partial charge in [0.2, 0.25) is 0 Å². The van der Waals surface area contributed by atoms with Crippen LogP contribution in [-0.4, -0.2) is 0 Å². The second kappa shape index (κ2) is 9.51. The molecule has 0 aromatic heterocycles. The molecule has 0 bridgehead atoms. The average Bonchev–Trinajstić information content (AvgIpc) is 3.16. The van der Waals surface area contributed by atoms with E-state index >= 15 is 0 Å². The van der Waals surface area contributed by atoms with Crippen molar-refractivity contribution in [3.63, 3.8) is 0 Å². The molecule has 36 heavy (non-hydrogen) atoms. The van der Waals surface area contributed by atoms with Crippen LogP contribution < -0.4 is 0 Å². The minimum absolute atomic E-state index is 0.267. The molecule has 0 saturated carbocycles. The Morgan fingerprint density at radius 1 is 0.556 bits per heavy atom. The van der Waals surface area contributed by atoms with E-state index < -0.39 is 7.75 Å². The maximum absolute atomic E-state index is 13.8. The number of hydrogen-bond donors (Lipinski definition) is 0. The number of fused-ring (bicyclic) bond motifs is 4. The lowest BCUT2D eigenvalue weighted by molar-refractivity contribution is 0.355. The minimum Gasteiger partial charge on any atom is -0.397 e. The lowest BCUT2D eigenvalue weighted by atomic mass is 10.1. The molecule has 0 radical (unpaired) electrons. The first-order valence-electron chi connectivity index (χ1n) is 11.1. The third-order valence-corrected chi connectivity index (χ3v) is 9.07. The van der Waals surface area contributed by atoms with Crippen LogP contribution in [0.25, 0.3) is 23.7 Å². The Morgan fingerprint density at radius 3 is 1.39 bits per heavy atom. The molecule has 2 aliphatic rings. The van der Waals surface area contributed by atoms with Crippen molar-refractivity contribution in [1.82, 2.24) is 0 Å². The molecule has 0 fully saturated rings. The first-order valence-corrected chi connectivity index (χ1v) is 14.2. The number of rotatable bonds is 5. The van der Waals surface area contributed by atoms with Gasteiger partial charge in [-0.2, -0.15) is 0 Å². The average molecular weight is 528 g/mol. The van der Waals surface area contributed by atoms with Crippen molar-refractivity contribution in [1.29, 1.82) is 0 Å². The van der Waals surface area contributed by atoms with Gasteiger partial charge in [-0.1, -0.05) is 96.3 Å². The summed E-state index contributed by atoms with van der Waals surface area (Å²) in [4.78, 5) is 18.8. The highest BCUT2D eigenvalue weighted by molar-refractivity contribution is 7.99. The molecule has 5 nitrogen and oxygen atoms in total. The zero-order chi connectivity index (χ0) is 24.5. The summed E-state index contributed by atoms with van der Waals surface area (Å²) in [6.07, 6.45) is 3.55. The quantitative estimate of drug-likeness (QED) is 0.190. The first-order chi connectivity index (χ1) is 17.6. The maximum Gasteiger partial charge on any atom is 0.600 e. The van der Waals surface area contributed by atoms with Crippen LogP contribution in [0.15, 0.2) is 122 Å². The third-order valence-electron chi connectivity index (χ3n) is 5.68. The van der Waals surface area contributed by atoms with Crippen LogP contribution in [0, 0.1) is 4.91 Å². The van der Waals surface area contributed by atoms with E-state index in [9.17, 15) is 9.47 Å². The van der Waals surface area contributed by atoms with Crippen molar-refractivity contribution in [2.45, 2.75) is 19.6 Å². The summed E-state index contributed by atoms with van der Waals surface area (Å²) < 4.78 is 25.6. The molecule has 2 aliphatic heterocycles. The Labute approximate surface area is 216 Å². The molecule has 0 amide bonds. The molecule has 2 heterocycles. The van der Waals surface area contributed by atoms with Crippen molar-refractivity contribution in [2.24, 2.45) is 4.95 Å². The van der Waals surface area contributed by atoms with E-state index in [0.29, 0.717) is 11.1 Å². The molecular weight excluding hydrogens is 509 g/mol. The lowest BCUT2D eigenvalue weighted by Gasteiger charge is -2.18. The summed E-state index contributed by atoms with van der Waals surface area (Å²) >= 11 is 3.15. The Morgan fingerprint density at radius 2 is 0.944 bits per heavy atom. The van der Waals surface area contributed by atoms with E-state index in [1.54, 1.807) is 35.7 Å². The fourth-order valence-electron chi connectivity index (χ4n) is 4.03. The predicted molar refractivity (Wildman–Crippen MR) is 145 cm³/mol. The summed E-state index contributed by atoms with van der Waals surface area (Å²) in [6.45, 7) is 0. The standard InChI is InChI=1S/C28H18NO4PS2/c30-29-34(31,32-23-17-19-9-1-5-13-25(19)35-27-15-7-3-11-21(23)27)33-24-18-20-10-2-6-14-26(20)36-28-16-8-4-12-22(24)28/h1-18H. The number of nitroso groups, excluding NO2 is 1. The number of benzene rings is 4. The van der Waals surface area contributed by atoms with Crippen LogP contribution in [0.2, 0.25) is 0 Å². The second-order valence-corrected chi connectivity index (χ2v) is 11.7. The van der Waals surface area contributed by atoms with Crippen LogP contribution in [0.4, 0.5) is 0 Å². The Balaban J connectivity index is 1.42. The summed E-state index contributed by atoms with van der Waals surface area (Å²) in [5, 5.41) is 0. The van der Waals surface area contributed by atoms with E-state index in [4.69, 9.17) is 9.05 Å². The van der Waals surface area contributed by atoms with E-state index in [2.05, 4.69) is 4.95 Å². The maximum atomic E-state index is 13.8. The van der Waals surface area contributed by atoms with Crippen LogP contribution in [0.5, 0.6) is 0 Å². The van der Waals surface area contributed by atoms with Gasteiger partial charge in [-0.3, -0.25) is 0 Å². The number of nitrogens with zero attached hydrogens (tertiary/aromatic N) is 1. The molecule has 0 spiro atoms. The van der Waals surface area contributed by atoms with Gasteiger partial charge >= 0.3 is 7.75 Å². The fourth-order valence-corrected chi connectivity index (χ4v) is 7.04. The normalized spacial score (nSPS) is 13.9. The topological polar surface area (TPSA) is 65.0 Å². The smallest absolute Gasteiger partial charge is 0.397 e. The highest BCUT2D eigenvalue weighted by Gasteiger charge is 2.35. The molecule has 8 heteroatoms. The lowest BCUT2D eigenvalue weighted by Crippen LogP contribution is -1.96. The SMILES string of the molecule is O=NP(=O)(OC1=Cc2ccccc2Sc2ccccc21)OC1=Cc2ccccc2Sc2ccccc21. The summed E-state index contributed by atoms with van der Waals surface area (Å²) in [5.41, 5.74) is 3.19. The van der Waals surface area contributed by atoms with Crippen LogP contribution in [-0.2, 0) is 13.6 Å². The Hall–Kier alpha value is -3.51.